The average molecular weight is 338 g/mol. The van der Waals surface area contributed by atoms with Crippen molar-refractivity contribution in [1.29, 1.82) is 0 Å². The summed E-state index contributed by atoms with van der Waals surface area (Å²) in [5.41, 5.74) is 3.82. The van der Waals surface area contributed by atoms with Crippen LogP contribution in [0.4, 0.5) is 0 Å². The van der Waals surface area contributed by atoms with E-state index in [2.05, 4.69) is 0 Å². The molecule has 0 amide bonds. The highest BCUT2D eigenvalue weighted by Crippen LogP contribution is 2.37. The summed E-state index contributed by atoms with van der Waals surface area (Å²) in [6.07, 6.45) is 4.15. The van der Waals surface area contributed by atoms with Crippen molar-refractivity contribution in [3.05, 3.63) is 63.3 Å². The molecule has 0 bridgehead atoms. The Morgan fingerprint density at radius 2 is 1.79 bits per heavy atom. The molecule has 0 saturated heterocycles. The minimum absolute atomic E-state index is 0.232. The Morgan fingerprint density at radius 1 is 1.04 bits per heavy atom. The van der Waals surface area contributed by atoms with E-state index >= 15 is 0 Å². The van der Waals surface area contributed by atoms with E-state index in [0.29, 0.717) is 0 Å². The average Bonchev–Trinajstić information content (AvgIpc) is 3.15. The van der Waals surface area contributed by atoms with E-state index in [0.717, 1.165) is 53.2 Å². The lowest BCUT2D eigenvalue weighted by molar-refractivity contribution is 0.415. The third kappa shape index (κ3) is 2.57. The first-order valence-corrected chi connectivity index (χ1v) is 9.03. The first-order chi connectivity index (χ1) is 11.8. The van der Waals surface area contributed by atoms with Crippen LogP contribution in [0.5, 0.6) is 5.75 Å². The zero-order valence-electron chi connectivity index (χ0n) is 13.5. The summed E-state index contributed by atoms with van der Waals surface area (Å²) >= 11 is 1.59. The van der Waals surface area contributed by atoms with E-state index in [1.807, 2.05) is 41.8 Å². The molecule has 1 aliphatic rings. The molecule has 0 atom stereocenters. The Labute approximate surface area is 144 Å². The Bertz CT molecular complexity index is 905. The molecule has 4 rings (SSSR count). The number of fused-ring (bicyclic) bond motifs is 1. The third-order valence-electron chi connectivity index (χ3n) is 4.56. The molecule has 3 nitrogen and oxygen atoms in total. The van der Waals surface area contributed by atoms with E-state index in [1.54, 1.807) is 18.4 Å². The van der Waals surface area contributed by atoms with Gasteiger partial charge in [0.05, 0.1) is 12.7 Å². The molecule has 0 N–H and O–H groups in total. The summed E-state index contributed by atoms with van der Waals surface area (Å²) in [5.74, 6) is 1.52. The highest BCUT2D eigenvalue weighted by atomic mass is 32.1. The topological polar surface area (TPSA) is 39.4 Å². The molecule has 2 aromatic heterocycles. The maximum absolute atomic E-state index is 12.7. The van der Waals surface area contributed by atoms with Gasteiger partial charge in [0.2, 0.25) is 0 Å². The summed E-state index contributed by atoms with van der Waals surface area (Å²) in [5, 5.41) is 2.00. The van der Waals surface area contributed by atoms with Crippen LogP contribution in [0.25, 0.3) is 21.8 Å². The van der Waals surface area contributed by atoms with Gasteiger partial charge in [-0.15, -0.1) is 11.3 Å². The summed E-state index contributed by atoms with van der Waals surface area (Å²) < 4.78 is 11.0. The number of rotatable bonds is 3. The lowest BCUT2D eigenvalue weighted by Crippen LogP contribution is -2.15. The van der Waals surface area contributed by atoms with Crippen LogP contribution in [0.15, 0.2) is 51.0 Å². The Hall–Kier alpha value is -2.33. The Balaban J connectivity index is 1.93. The summed E-state index contributed by atoms with van der Waals surface area (Å²) in [6, 6.07) is 11.7. The van der Waals surface area contributed by atoms with Crippen molar-refractivity contribution in [1.82, 2.24) is 0 Å². The predicted molar refractivity (Wildman–Crippen MR) is 96.9 cm³/mol. The van der Waals surface area contributed by atoms with E-state index in [-0.39, 0.29) is 5.63 Å². The highest BCUT2D eigenvalue weighted by molar-refractivity contribution is 7.13. The van der Waals surface area contributed by atoms with Gasteiger partial charge in [0.15, 0.2) is 0 Å². The number of benzene rings is 1. The van der Waals surface area contributed by atoms with Crippen molar-refractivity contribution in [2.75, 3.05) is 7.11 Å². The van der Waals surface area contributed by atoms with Crippen molar-refractivity contribution in [2.45, 2.75) is 25.7 Å². The monoisotopic (exact) mass is 338 g/mol. The zero-order valence-corrected chi connectivity index (χ0v) is 14.3. The lowest BCUT2D eigenvalue weighted by atomic mass is 9.87. The van der Waals surface area contributed by atoms with Crippen LogP contribution in [0.3, 0.4) is 0 Å². The van der Waals surface area contributed by atoms with E-state index in [9.17, 15) is 4.79 Å². The highest BCUT2D eigenvalue weighted by Gasteiger charge is 2.24. The molecule has 0 fully saturated rings. The first kappa shape index (κ1) is 15.2. The molecule has 122 valence electrons. The standard InChI is InChI=1S/C20H18O3S/c1-22-14-10-8-13(9-11-14)19-16-6-3-2-5-15(16)18(20(21)23-19)17-7-4-12-24-17/h4,7-12H,2-3,5-6H2,1H3. The third-order valence-corrected chi connectivity index (χ3v) is 5.45. The normalized spacial score (nSPS) is 13.5. The van der Waals surface area contributed by atoms with Crippen molar-refractivity contribution < 1.29 is 9.15 Å². The van der Waals surface area contributed by atoms with Crippen LogP contribution in [0.2, 0.25) is 0 Å². The molecule has 24 heavy (non-hydrogen) atoms. The van der Waals surface area contributed by atoms with Gasteiger partial charge in [0.25, 0.3) is 0 Å². The molecule has 4 heteroatoms. The van der Waals surface area contributed by atoms with Crippen LogP contribution < -0.4 is 10.4 Å². The van der Waals surface area contributed by atoms with Crippen molar-refractivity contribution in [3.8, 4) is 27.5 Å². The largest absolute Gasteiger partial charge is 0.497 e. The number of hydrogen-bond acceptors (Lipinski definition) is 4. The van der Waals surface area contributed by atoms with Crippen LogP contribution in [-0.4, -0.2) is 7.11 Å². The van der Waals surface area contributed by atoms with Gasteiger partial charge in [0.1, 0.15) is 11.5 Å². The molecule has 0 radical (unpaired) electrons. The first-order valence-electron chi connectivity index (χ1n) is 8.15. The summed E-state index contributed by atoms with van der Waals surface area (Å²) in [4.78, 5) is 13.7. The minimum Gasteiger partial charge on any atom is -0.497 e. The fourth-order valence-corrected chi connectivity index (χ4v) is 4.19. The molecule has 0 unspecified atom stereocenters. The number of thiophene rings is 1. The van der Waals surface area contributed by atoms with Gasteiger partial charge in [-0.25, -0.2) is 4.79 Å². The fourth-order valence-electron chi connectivity index (χ4n) is 3.41. The second-order valence-corrected chi connectivity index (χ2v) is 6.91. The second-order valence-electron chi connectivity index (χ2n) is 5.96. The van der Waals surface area contributed by atoms with Crippen molar-refractivity contribution in [2.24, 2.45) is 0 Å². The van der Waals surface area contributed by atoms with Crippen LogP contribution in [0, 0.1) is 0 Å². The number of hydrogen-bond donors (Lipinski definition) is 0. The van der Waals surface area contributed by atoms with Crippen LogP contribution >= 0.6 is 11.3 Å². The van der Waals surface area contributed by atoms with Gasteiger partial charge in [0, 0.05) is 10.4 Å². The Kier molecular flexibility index (Phi) is 3.98. The molecule has 0 saturated carbocycles. The molecule has 0 spiro atoms. The molecule has 0 aliphatic heterocycles. The second kappa shape index (κ2) is 6.29. The molecular weight excluding hydrogens is 320 g/mol. The van der Waals surface area contributed by atoms with E-state index in [1.165, 1.54) is 11.1 Å². The maximum atomic E-state index is 12.7. The van der Waals surface area contributed by atoms with Gasteiger partial charge in [-0.2, -0.15) is 0 Å². The molecule has 1 aliphatic carbocycles. The minimum atomic E-state index is -0.232. The molecule has 3 aromatic rings. The fraction of sp³-hybridized carbons (Fsp3) is 0.250. The summed E-state index contributed by atoms with van der Waals surface area (Å²) in [7, 11) is 1.65. The smallest absolute Gasteiger partial charge is 0.345 e. The van der Waals surface area contributed by atoms with Gasteiger partial charge in [-0.3, -0.25) is 0 Å². The zero-order chi connectivity index (χ0) is 16.5. The molecular formula is C20H18O3S. The van der Waals surface area contributed by atoms with Crippen LogP contribution in [-0.2, 0) is 12.8 Å². The van der Waals surface area contributed by atoms with Crippen LogP contribution in [0.1, 0.15) is 24.0 Å². The quantitative estimate of drug-likeness (QED) is 0.680. The van der Waals surface area contributed by atoms with Gasteiger partial charge in [-0.1, -0.05) is 6.07 Å². The van der Waals surface area contributed by atoms with E-state index in [4.69, 9.17) is 9.15 Å². The van der Waals surface area contributed by atoms with Gasteiger partial charge in [-0.05, 0) is 72.5 Å². The molecule has 2 heterocycles. The SMILES string of the molecule is COc1ccc(-c2oc(=O)c(-c3cccs3)c3c2CCCC3)cc1. The number of ether oxygens (including phenoxy) is 1. The van der Waals surface area contributed by atoms with E-state index < -0.39 is 0 Å². The van der Waals surface area contributed by atoms with Gasteiger partial charge >= 0.3 is 5.63 Å². The van der Waals surface area contributed by atoms with Gasteiger partial charge < -0.3 is 9.15 Å². The predicted octanol–water partition coefficient (Wildman–Crippen LogP) is 4.92. The Morgan fingerprint density at radius 3 is 2.46 bits per heavy atom. The van der Waals surface area contributed by atoms with Crippen molar-refractivity contribution >= 4 is 11.3 Å². The lowest BCUT2D eigenvalue weighted by Gasteiger charge is -2.20. The van der Waals surface area contributed by atoms with Crippen molar-refractivity contribution in [3.63, 3.8) is 0 Å². The summed E-state index contributed by atoms with van der Waals surface area (Å²) in [6.45, 7) is 0. The maximum Gasteiger partial charge on any atom is 0.345 e. The number of methoxy groups -OCH3 is 1. The molecule has 1 aromatic carbocycles.